The van der Waals surface area contributed by atoms with Crippen LogP contribution in [-0.4, -0.2) is 17.1 Å². The van der Waals surface area contributed by atoms with Gasteiger partial charge in [0.05, 0.1) is 12.1 Å². The van der Waals surface area contributed by atoms with Crippen molar-refractivity contribution in [3.8, 4) is 0 Å². The SMILES string of the molecule is O=C(CCc1cccs1)N[C@H]1c2ccccc2C[C@H]1O. The van der Waals surface area contributed by atoms with Crippen molar-refractivity contribution in [3.63, 3.8) is 0 Å². The summed E-state index contributed by atoms with van der Waals surface area (Å²) < 4.78 is 0. The molecule has 3 nitrogen and oxygen atoms in total. The van der Waals surface area contributed by atoms with E-state index < -0.39 is 6.10 Å². The van der Waals surface area contributed by atoms with Crippen molar-refractivity contribution in [3.05, 3.63) is 57.8 Å². The molecule has 2 aromatic rings. The second-order valence-electron chi connectivity index (χ2n) is 5.09. The fourth-order valence-corrected chi connectivity index (χ4v) is 3.39. The molecule has 1 aromatic heterocycles. The predicted octanol–water partition coefficient (Wildman–Crippen LogP) is 2.46. The number of thiophene rings is 1. The first kappa shape index (κ1) is 13.3. The summed E-state index contributed by atoms with van der Waals surface area (Å²) in [7, 11) is 0. The lowest BCUT2D eigenvalue weighted by Gasteiger charge is -2.17. The van der Waals surface area contributed by atoms with Crippen LogP contribution < -0.4 is 5.32 Å². The Bertz CT molecular complexity index is 594. The number of hydrogen-bond donors (Lipinski definition) is 2. The number of carbonyl (C=O) groups is 1. The third-order valence-corrected chi connectivity index (χ3v) is 4.64. The van der Waals surface area contributed by atoms with Crippen LogP contribution in [0.3, 0.4) is 0 Å². The van der Waals surface area contributed by atoms with Gasteiger partial charge in [-0.2, -0.15) is 0 Å². The van der Waals surface area contributed by atoms with Crippen LogP contribution in [0.2, 0.25) is 0 Å². The second kappa shape index (κ2) is 5.77. The molecular weight excluding hydrogens is 270 g/mol. The highest BCUT2D eigenvalue weighted by Gasteiger charge is 2.31. The molecule has 20 heavy (non-hydrogen) atoms. The molecule has 1 aliphatic rings. The van der Waals surface area contributed by atoms with Crippen LogP contribution in [0.4, 0.5) is 0 Å². The zero-order chi connectivity index (χ0) is 13.9. The Labute approximate surface area is 122 Å². The number of benzene rings is 1. The lowest BCUT2D eigenvalue weighted by Crippen LogP contribution is -2.33. The molecule has 0 saturated heterocycles. The van der Waals surface area contributed by atoms with Gasteiger partial charge in [0.2, 0.25) is 5.91 Å². The van der Waals surface area contributed by atoms with Crippen LogP contribution in [0, 0.1) is 0 Å². The Balaban J connectivity index is 1.61. The number of amides is 1. The maximum atomic E-state index is 12.0. The summed E-state index contributed by atoms with van der Waals surface area (Å²) in [6, 6.07) is 11.7. The lowest BCUT2D eigenvalue weighted by molar-refractivity contribution is -0.122. The summed E-state index contributed by atoms with van der Waals surface area (Å²) >= 11 is 1.67. The number of hydrogen-bond acceptors (Lipinski definition) is 3. The largest absolute Gasteiger partial charge is 0.390 e. The first-order chi connectivity index (χ1) is 9.74. The third kappa shape index (κ3) is 2.76. The monoisotopic (exact) mass is 287 g/mol. The second-order valence-corrected chi connectivity index (χ2v) is 6.13. The van der Waals surface area contributed by atoms with Crippen molar-refractivity contribution in [2.75, 3.05) is 0 Å². The molecule has 0 bridgehead atoms. The van der Waals surface area contributed by atoms with Gasteiger partial charge in [-0.1, -0.05) is 30.3 Å². The van der Waals surface area contributed by atoms with Gasteiger partial charge in [0.15, 0.2) is 0 Å². The number of rotatable bonds is 4. The van der Waals surface area contributed by atoms with Gasteiger partial charge in [0.1, 0.15) is 0 Å². The van der Waals surface area contributed by atoms with Gasteiger partial charge < -0.3 is 10.4 Å². The highest BCUT2D eigenvalue weighted by atomic mass is 32.1. The minimum atomic E-state index is -0.516. The van der Waals surface area contributed by atoms with E-state index in [1.165, 1.54) is 4.88 Å². The van der Waals surface area contributed by atoms with Crippen LogP contribution in [-0.2, 0) is 17.6 Å². The van der Waals surface area contributed by atoms with Crippen molar-refractivity contribution < 1.29 is 9.90 Å². The molecule has 0 fully saturated rings. The van der Waals surface area contributed by atoms with Gasteiger partial charge >= 0.3 is 0 Å². The molecule has 1 aromatic carbocycles. The molecule has 2 atom stereocenters. The topological polar surface area (TPSA) is 49.3 Å². The van der Waals surface area contributed by atoms with Crippen LogP contribution >= 0.6 is 11.3 Å². The number of fused-ring (bicyclic) bond motifs is 1. The molecule has 0 aliphatic heterocycles. The maximum absolute atomic E-state index is 12.0. The molecule has 4 heteroatoms. The Morgan fingerprint density at radius 1 is 1.30 bits per heavy atom. The standard InChI is InChI=1S/C16H17NO2S/c18-14-10-11-4-1-2-6-13(11)16(14)17-15(19)8-7-12-5-3-9-20-12/h1-6,9,14,16,18H,7-8,10H2,(H,17,19)/t14-,16+/m1/s1. The number of carbonyl (C=O) groups excluding carboxylic acids is 1. The molecule has 0 unspecified atom stereocenters. The lowest BCUT2D eigenvalue weighted by atomic mass is 10.1. The molecule has 0 saturated carbocycles. The van der Waals surface area contributed by atoms with Gasteiger partial charge in [-0.05, 0) is 29.0 Å². The van der Waals surface area contributed by atoms with Crippen molar-refractivity contribution in [2.45, 2.75) is 31.4 Å². The summed E-state index contributed by atoms with van der Waals surface area (Å²) in [5, 5.41) is 15.1. The first-order valence-electron chi connectivity index (χ1n) is 6.81. The molecule has 1 amide bonds. The van der Waals surface area contributed by atoms with Gasteiger partial charge in [0.25, 0.3) is 0 Å². The minimum absolute atomic E-state index is 0.000784. The molecule has 0 spiro atoms. The summed E-state index contributed by atoms with van der Waals surface area (Å²) in [5.74, 6) is -0.000784. The van der Waals surface area contributed by atoms with E-state index in [2.05, 4.69) is 5.32 Å². The number of aryl methyl sites for hydroxylation is 1. The quantitative estimate of drug-likeness (QED) is 0.907. The summed E-state index contributed by atoms with van der Waals surface area (Å²) in [5.41, 5.74) is 2.17. The van der Waals surface area contributed by atoms with E-state index in [-0.39, 0.29) is 11.9 Å². The molecule has 0 radical (unpaired) electrons. The Morgan fingerprint density at radius 2 is 2.15 bits per heavy atom. The molecule has 1 heterocycles. The fraction of sp³-hybridized carbons (Fsp3) is 0.312. The number of aliphatic hydroxyl groups is 1. The van der Waals surface area contributed by atoms with E-state index in [9.17, 15) is 9.90 Å². The zero-order valence-corrected chi connectivity index (χ0v) is 11.9. The van der Waals surface area contributed by atoms with Crippen LogP contribution in [0.15, 0.2) is 41.8 Å². The molecule has 104 valence electrons. The molecule has 2 N–H and O–H groups in total. The van der Waals surface area contributed by atoms with Crippen LogP contribution in [0.25, 0.3) is 0 Å². The zero-order valence-electron chi connectivity index (χ0n) is 11.1. The summed E-state index contributed by atoms with van der Waals surface area (Å²) in [6.45, 7) is 0. The molecule has 1 aliphatic carbocycles. The van der Waals surface area contributed by atoms with E-state index in [1.54, 1.807) is 11.3 Å². The van der Waals surface area contributed by atoms with Crippen LogP contribution in [0.1, 0.15) is 28.5 Å². The van der Waals surface area contributed by atoms with Crippen molar-refractivity contribution in [2.24, 2.45) is 0 Å². The number of aliphatic hydroxyl groups excluding tert-OH is 1. The normalized spacial score (nSPS) is 20.6. The van der Waals surface area contributed by atoms with Crippen LogP contribution in [0.5, 0.6) is 0 Å². The van der Waals surface area contributed by atoms with Gasteiger partial charge in [-0.15, -0.1) is 11.3 Å². The van der Waals surface area contributed by atoms with E-state index >= 15 is 0 Å². The van der Waals surface area contributed by atoms with E-state index in [1.807, 2.05) is 41.8 Å². The Morgan fingerprint density at radius 3 is 2.95 bits per heavy atom. The van der Waals surface area contributed by atoms with Crippen molar-refractivity contribution in [1.29, 1.82) is 0 Å². The van der Waals surface area contributed by atoms with Gasteiger partial charge in [-0.3, -0.25) is 4.79 Å². The van der Waals surface area contributed by atoms with E-state index in [4.69, 9.17) is 0 Å². The van der Waals surface area contributed by atoms with Gasteiger partial charge in [-0.25, -0.2) is 0 Å². The highest BCUT2D eigenvalue weighted by molar-refractivity contribution is 7.09. The summed E-state index contributed by atoms with van der Waals surface area (Å²) in [4.78, 5) is 13.2. The van der Waals surface area contributed by atoms with Crippen molar-refractivity contribution >= 4 is 17.2 Å². The fourth-order valence-electron chi connectivity index (χ4n) is 2.69. The van der Waals surface area contributed by atoms with E-state index in [0.29, 0.717) is 12.8 Å². The molecular formula is C16H17NO2S. The first-order valence-corrected chi connectivity index (χ1v) is 7.69. The highest BCUT2D eigenvalue weighted by Crippen LogP contribution is 2.31. The number of nitrogens with one attached hydrogen (secondary N) is 1. The smallest absolute Gasteiger partial charge is 0.220 e. The Kier molecular flexibility index (Phi) is 3.85. The average molecular weight is 287 g/mol. The van der Waals surface area contributed by atoms with E-state index in [0.717, 1.165) is 17.5 Å². The average Bonchev–Trinajstić information content (AvgIpc) is 3.06. The minimum Gasteiger partial charge on any atom is -0.390 e. The maximum Gasteiger partial charge on any atom is 0.220 e. The van der Waals surface area contributed by atoms with Gasteiger partial charge in [0, 0.05) is 17.7 Å². The Hall–Kier alpha value is -1.65. The molecule has 3 rings (SSSR count). The summed E-state index contributed by atoms with van der Waals surface area (Å²) in [6.07, 6.45) is 1.32. The predicted molar refractivity (Wildman–Crippen MR) is 79.7 cm³/mol. The van der Waals surface area contributed by atoms with Crippen molar-refractivity contribution in [1.82, 2.24) is 5.32 Å². The third-order valence-electron chi connectivity index (χ3n) is 3.70.